The van der Waals surface area contributed by atoms with Crippen LogP contribution in [0.2, 0.25) is 0 Å². The van der Waals surface area contributed by atoms with E-state index in [1.165, 1.54) is 6.92 Å². The lowest BCUT2D eigenvalue weighted by Crippen LogP contribution is -2.20. The smallest absolute Gasteiger partial charge is 0.506 e. The summed E-state index contributed by atoms with van der Waals surface area (Å²) in [4.78, 5) is 19.6. The number of ether oxygens (including phenoxy) is 2. The Morgan fingerprint density at radius 2 is 1.73 bits per heavy atom. The largest absolute Gasteiger partial charge is 0.617 e. The molecular formula is C7H14O7S. The Balaban J connectivity index is 0. The first-order chi connectivity index (χ1) is 6.75. The molecule has 0 spiro atoms. The third kappa shape index (κ3) is 24.5. The van der Waals surface area contributed by atoms with Crippen molar-refractivity contribution in [1.29, 1.82) is 0 Å². The predicted octanol–water partition coefficient (Wildman–Crippen LogP) is 0.759. The molecule has 0 aromatic heterocycles. The maximum atomic E-state index is 9.83. The predicted molar refractivity (Wildman–Crippen MR) is 52.5 cm³/mol. The van der Waals surface area contributed by atoms with Gasteiger partial charge in [0.15, 0.2) is 0 Å². The summed E-state index contributed by atoms with van der Waals surface area (Å²) in [6.07, 6.45) is -0.402. The summed E-state index contributed by atoms with van der Waals surface area (Å²) in [5.74, 6) is 0. The molecule has 0 saturated heterocycles. The third-order valence-electron chi connectivity index (χ3n) is 0.744. The molecule has 0 aliphatic carbocycles. The van der Waals surface area contributed by atoms with Gasteiger partial charge in [0.25, 0.3) is 0 Å². The van der Waals surface area contributed by atoms with Crippen molar-refractivity contribution in [3.05, 3.63) is 0 Å². The normalized spacial score (nSPS) is 11.0. The molecule has 0 amide bonds. The van der Waals surface area contributed by atoms with Crippen LogP contribution in [0.4, 0.5) is 9.59 Å². The molecule has 0 rings (SSSR count). The fraction of sp³-hybridized carbons (Fsp3) is 0.714. The van der Waals surface area contributed by atoms with Gasteiger partial charge in [0.05, 0.1) is 12.5 Å². The van der Waals surface area contributed by atoms with E-state index in [1.54, 1.807) is 12.5 Å². The van der Waals surface area contributed by atoms with Gasteiger partial charge < -0.3 is 24.2 Å². The molecule has 90 valence electrons. The Labute approximate surface area is 90.2 Å². The van der Waals surface area contributed by atoms with E-state index in [-0.39, 0.29) is 6.61 Å². The van der Waals surface area contributed by atoms with Crippen molar-refractivity contribution in [3.8, 4) is 0 Å². The third-order valence-corrected chi connectivity index (χ3v) is 0.744. The highest BCUT2D eigenvalue weighted by Gasteiger charge is 2.09. The van der Waals surface area contributed by atoms with Crippen LogP contribution in [-0.4, -0.2) is 52.3 Å². The van der Waals surface area contributed by atoms with Crippen molar-refractivity contribution in [2.24, 2.45) is 0 Å². The second kappa shape index (κ2) is 9.41. The minimum atomic E-state index is -1.45. The minimum Gasteiger partial charge on any atom is -0.617 e. The highest BCUT2D eigenvalue weighted by atomic mass is 32.2. The van der Waals surface area contributed by atoms with Gasteiger partial charge in [-0.05, 0) is 6.92 Å². The molecule has 0 aromatic carbocycles. The van der Waals surface area contributed by atoms with E-state index in [1.807, 2.05) is 0 Å². The Hall–Kier alpha value is -1.15. The number of hydrogen-bond donors (Lipinski definition) is 2. The van der Waals surface area contributed by atoms with Gasteiger partial charge >= 0.3 is 12.3 Å². The highest BCUT2D eigenvalue weighted by Crippen LogP contribution is 1.92. The van der Waals surface area contributed by atoms with Crippen LogP contribution < -0.4 is 0 Å². The molecule has 8 heteroatoms. The number of carboxylic acid groups (broad SMARTS) is 2. The van der Waals surface area contributed by atoms with Crippen molar-refractivity contribution in [1.82, 2.24) is 0 Å². The maximum absolute atomic E-state index is 9.83. The maximum Gasteiger partial charge on any atom is 0.506 e. The molecule has 0 aliphatic rings. The fourth-order valence-electron chi connectivity index (χ4n) is 0.395. The van der Waals surface area contributed by atoms with Crippen LogP contribution in [0.1, 0.15) is 6.92 Å². The first-order valence-electron chi connectivity index (χ1n) is 3.76. The number of rotatable bonds is 3. The summed E-state index contributed by atoms with van der Waals surface area (Å²) in [6.45, 7) is 1.10. The quantitative estimate of drug-likeness (QED) is 0.554. The van der Waals surface area contributed by atoms with Gasteiger partial charge in [-0.3, -0.25) is 0 Å². The molecule has 15 heavy (non-hydrogen) atoms. The molecule has 0 aromatic rings. The zero-order valence-corrected chi connectivity index (χ0v) is 9.44. The van der Waals surface area contributed by atoms with Crippen LogP contribution >= 0.6 is 0 Å². The first kappa shape index (κ1) is 16.3. The Kier molecular flexibility index (Phi) is 10.2. The van der Waals surface area contributed by atoms with Gasteiger partial charge in [0.1, 0.15) is 12.7 Å². The van der Waals surface area contributed by atoms with Gasteiger partial charge in [-0.25, -0.2) is 9.59 Å². The Morgan fingerprint density at radius 3 is 2.00 bits per heavy atom. The van der Waals surface area contributed by atoms with E-state index in [0.29, 0.717) is 0 Å². The standard InChI is InChI=1S/C5H8O6.C2H6OS/c1-3(11-5(8)9)2-10-4(6)7;1-4(2)3/h3H,2H2,1H3,(H,6,7)(H,8,9);1-2H3. The molecule has 7 nitrogen and oxygen atoms in total. The van der Waals surface area contributed by atoms with Crippen molar-refractivity contribution in [2.45, 2.75) is 13.0 Å². The zero-order valence-electron chi connectivity index (χ0n) is 8.63. The number of carbonyl (C=O) groups is 2. The van der Waals surface area contributed by atoms with Crippen molar-refractivity contribution < 1.29 is 33.8 Å². The van der Waals surface area contributed by atoms with Crippen LogP contribution in [0.15, 0.2) is 0 Å². The van der Waals surface area contributed by atoms with Gasteiger partial charge in [0.2, 0.25) is 0 Å². The molecule has 2 N–H and O–H groups in total. The van der Waals surface area contributed by atoms with Crippen LogP contribution in [-0.2, 0) is 20.6 Å². The average molecular weight is 242 g/mol. The molecular weight excluding hydrogens is 228 g/mol. The lowest BCUT2D eigenvalue weighted by atomic mass is 10.4. The molecule has 0 aliphatic heterocycles. The summed E-state index contributed by atoms with van der Waals surface area (Å²) in [5.41, 5.74) is 0. The molecule has 0 saturated carbocycles. The van der Waals surface area contributed by atoms with Crippen molar-refractivity contribution in [3.63, 3.8) is 0 Å². The monoisotopic (exact) mass is 242 g/mol. The highest BCUT2D eigenvalue weighted by molar-refractivity contribution is 7.89. The molecule has 1 unspecified atom stereocenters. The van der Waals surface area contributed by atoms with Crippen LogP contribution in [0.25, 0.3) is 0 Å². The first-order valence-corrected chi connectivity index (χ1v) is 5.72. The molecule has 0 heterocycles. The summed E-state index contributed by atoms with van der Waals surface area (Å²) < 4.78 is 17.7. The lowest BCUT2D eigenvalue weighted by molar-refractivity contribution is 0.0122. The summed E-state index contributed by atoms with van der Waals surface area (Å²) in [6, 6.07) is 0. The summed E-state index contributed by atoms with van der Waals surface area (Å²) >= 11 is -0.611. The van der Waals surface area contributed by atoms with Gasteiger partial charge in [-0.15, -0.1) is 0 Å². The minimum absolute atomic E-state index is 0.290. The molecule has 0 fully saturated rings. The van der Waals surface area contributed by atoms with E-state index in [2.05, 4.69) is 9.47 Å². The van der Waals surface area contributed by atoms with Gasteiger partial charge in [-0.1, -0.05) is 11.2 Å². The topological polar surface area (TPSA) is 116 Å². The number of hydrogen-bond acceptors (Lipinski definition) is 5. The fourth-order valence-corrected chi connectivity index (χ4v) is 0.395. The van der Waals surface area contributed by atoms with Gasteiger partial charge in [0, 0.05) is 0 Å². The Morgan fingerprint density at radius 1 is 1.33 bits per heavy atom. The summed E-state index contributed by atoms with van der Waals surface area (Å²) in [5, 5.41) is 16.0. The second-order valence-corrected chi connectivity index (χ2v) is 4.00. The SMILES string of the molecule is CC(COC(=O)O)OC(=O)O.C[S+](C)[O-]. The van der Waals surface area contributed by atoms with Crippen molar-refractivity contribution >= 4 is 23.5 Å². The van der Waals surface area contributed by atoms with Gasteiger partial charge in [-0.2, -0.15) is 0 Å². The van der Waals surface area contributed by atoms with E-state index < -0.39 is 29.6 Å². The van der Waals surface area contributed by atoms with Crippen molar-refractivity contribution in [2.75, 3.05) is 19.1 Å². The molecule has 0 radical (unpaired) electrons. The van der Waals surface area contributed by atoms with E-state index >= 15 is 0 Å². The van der Waals surface area contributed by atoms with E-state index in [9.17, 15) is 14.1 Å². The Bertz CT molecular complexity index is 191. The second-order valence-electron chi connectivity index (χ2n) is 2.51. The van der Waals surface area contributed by atoms with Crippen LogP contribution in [0.3, 0.4) is 0 Å². The zero-order chi connectivity index (χ0) is 12.4. The van der Waals surface area contributed by atoms with Crippen LogP contribution in [0, 0.1) is 0 Å². The lowest BCUT2D eigenvalue weighted by Gasteiger charge is -2.08. The van der Waals surface area contributed by atoms with E-state index in [0.717, 1.165) is 0 Å². The average Bonchev–Trinajstić information content (AvgIpc) is 1.98. The summed E-state index contributed by atoms with van der Waals surface area (Å²) in [7, 11) is 0. The van der Waals surface area contributed by atoms with Crippen LogP contribution in [0.5, 0.6) is 0 Å². The van der Waals surface area contributed by atoms with E-state index in [4.69, 9.17) is 10.2 Å². The molecule has 0 bridgehead atoms. The molecule has 1 atom stereocenters.